The van der Waals surface area contributed by atoms with Gasteiger partial charge >= 0.3 is 0 Å². The lowest BCUT2D eigenvalue weighted by Gasteiger charge is -2.24. The summed E-state index contributed by atoms with van der Waals surface area (Å²) >= 11 is 0. The number of nitrogens with zero attached hydrogens (tertiary/aromatic N) is 2. The number of hydrogen-bond donors (Lipinski definition) is 1. The van der Waals surface area contributed by atoms with Crippen molar-refractivity contribution in [2.45, 2.75) is 25.9 Å². The molecular weight excluding hydrogens is 382 g/mol. The van der Waals surface area contributed by atoms with E-state index in [0.717, 1.165) is 46.4 Å². The molecule has 3 aliphatic rings. The fraction of sp³-hybridized carbons (Fsp3) is 0.222. The van der Waals surface area contributed by atoms with E-state index < -0.39 is 0 Å². The van der Waals surface area contributed by atoms with Crippen LogP contribution in [-0.4, -0.2) is 30.1 Å². The lowest BCUT2D eigenvalue weighted by Crippen LogP contribution is -2.18. The van der Waals surface area contributed by atoms with Crippen LogP contribution >= 0.6 is 0 Å². The molecule has 0 bridgehead atoms. The van der Waals surface area contributed by atoms with Crippen LogP contribution in [0.1, 0.15) is 25.3 Å². The molecule has 0 fully saturated rings. The van der Waals surface area contributed by atoms with Gasteiger partial charge in [-0.1, -0.05) is 42.5 Å². The van der Waals surface area contributed by atoms with E-state index >= 15 is 0 Å². The van der Waals surface area contributed by atoms with Crippen LogP contribution in [0.5, 0.6) is 0 Å². The van der Waals surface area contributed by atoms with Gasteiger partial charge in [0.2, 0.25) is 0 Å². The zero-order valence-corrected chi connectivity index (χ0v) is 18.0. The van der Waals surface area contributed by atoms with Gasteiger partial charge in [-0.25, -0.2) is 0 Å². The number of methoxy groups -OCH3 is 1. The van der Waals surface area contributed by atoms with E-state index in [9.17, 15) is 0 Å². The number of hydrogen-bond acceptors (Lipinski definition) is 4. The molecule has 4 rings (SSSR count). The summed E-state index contributed by atoms with van der Waals surface area (Å²) in [4.78, 5) is 8.88. The monoisotopic (exact) mass is 409 g/mol. The minimum atomic E-state index is 0.0993. The van der Waals surface area contributed by atoms with E-state index in [0.29, 0.717) is 0 Å². The third-order valence-electron chi connectivity index (χ3n) is 5.85. The Balaban J connectivity index is 1.84. The van der Waals surface area contributed by atoms with Crippen molar-refractivity contribution in [2.24, 2.45) is 10.9 Å². The lowest BCUT2D eigenvalue weighted by atomic mass is 9.82. The van der Waals surface area contributed by atoms with Crippen molar-refractivity contribution in [2.75, 3.05) is 7.11 Å². The second kappa shape index (κ2) is 9.63. The van der Waals surface area contributed by atoms with Crippen LogP contribution in [0, 0.1) is 11.3 Å². The summed E-state index contributed by atoms with van der Waals surface area (Å²) in [6, 6.07) is 3.86. The Kier molecular flexibility index (Phi) is 6.48. The van der Waals surface area contributed by atoms with Gasteiger partial charge in [0.05, 0.1) is 11.8 Å². The van der Waals surface area contributed by atoms with Crippen LogP contribution in [0.3, 0.4) is 0 Å². The number of fused-ring (bicyclic) bond motifs is 1. The van der Waals surface area contributed by atoms with Crippen molar-refractivity contribution in [1.29, 1.82) is 5.41 Å². The minimum absolute atomic E-state index is 0.0993. The summed E-state index contributed by atoms with van der Waals surface area (Å²) in [6.45, 7) is 2.13. The number of aliphatic imine (C=N–C) groups is 1. The van der Waals surface area contributed by atoms with Crippen LogP contribution in [0.4, 0.5) is 0 Å². The normalized spacial score (nSPS) is 23.4. The molecular formula is C27H27N3O. The number of pyridine rings is 1. The Morgan fingerprint density at radius 1 is 1.16 bits per heavy atom. The summed E-state index contributed by atoms with van der Waals surface area (Å²) in [6.07, 6.45) is 26.0. The Labute approximate surface area is 184 Å². The van der Waals surface area contributed by atoms with Crippen LogP contribution < -0.4 is 0 Å². The average molecular weight is 410 g/mol. The number of rotatable bonds is 6. The predicted molar refractivity (Wildman–Crippen MR) is 128 cm³/mol. The first-order valence-electron chi connectivity index (χ1n) is 10.6. The molecule has 0 saturated heterocycles. The van der Waals surface area contributed by atoms with E-state index in [-0.39, 0.29) is 12.0 Å². The average Bonchev–Trinajstić information content (AvgIpc) is 2.85. The lowest BCUT2D eigenvalue weighted by molar-refractivity contribution is 0.142. The van der Waals surface area contributed by atoms with Crippen molar-refractivity contribution in [3.8, 4) is 0 Å². The van der Waals surface area contributed by atoms with Crippen LogP contribution in [0.15, 0.2) is 107 Å². The summed E-state index contributed by atoms with van der Waals surface area (Å²) in [5.41, 5.74) is 7.38. The summed E-state index contributed by atoms with van der Waals surface area (Å²) in [5, 5.41) is 8.04. The molecule has 0 spiro atoms. The fourth-order valence-corrected chi connectivity index (χ4v) is 4.10. The molecule has 0 radical (unpaired) electrons. The van der Waals surface area contributed by atoms with Gasteiger partial charge < -0.3 is 10.1 Å². The van der Waals surface area contributed by atoms with Crippen molar-refractivity contribution in [3.05, 3.63) is 107 Å². The highest BCUT2D eigenvalue weighted by Gasteiger charge is 2.23. The Morgan fingerprint density at radius 3 is 2.71 bits per heavy atom. The summed E-state index contributed by atoms with van der Waals surface area (Å²) in [7, 11) is 1.73. The molecule has 156 valence electrons. The van der Waals surface area contributed by atoms with Crippen molar-refractivity contribution >= 4 is 17.5 Å². The molecule has 2 unspecified atom stereocenters. The Bertz CT molecular complexity index is 1090. The van der Waals surface area contributed by atoms with Gasteiger partial charge in [-0.05, 0) is 71.4 Å². The van der Waals surface area contributed by atoms with Gasteiger partial charge in [-0.2, -0.15) is 0 Å². The maximum absolute atomic E-state index is 8.04. The molecule has 2 aliphatic carbocycles. The first-order valence-corrected chi connectivity index (χ1v) is 10.6. The molecule has 2 heterocycles. The summed E-state index contributed by atoms with van der Waals surface area (Å²) < 4.78 is 5.48. The van der Waals surface area contributed by atoms with E-state index in [4.69, 9.17) is 15.1 Å². The predicted octanol–water partition coefficient (Wildman–Crippen LogP) is 5.80. The largest absolute Gasteiger partial charge is 0.377 e. The quantitative estimate of drug-likeness (QED) is 0.366. The van der Waals surface area contributed by atoms with E-state index in [2.05, 4.69) is 60.5 Å². The van der Waals surface area contributed by atoms with Crippen LogP contribution in [0.2, 0.25) is 0 Å². The molecule has 4 nitrogen and oxygen atoms in total. The number of ether oxygens (including phenoxy) is 1. The van der Waals surface area contributed by atoms with Crippen molar-refractivity contribution in [1.82, 2.24) is 4.98 Å². The third-order valence-corrected chi connectivity index (χ3v) is 5.85. The molecule has 0 amide bonds. The maximum Gasteiger partial charge on any atom is 0.0790 e. The molecule has 4 heteroatoms. The SMILES string of the molecule is COC1C=CC(C(/C=C(\C=N)c2ccncc2)=C(C)C2=NC=CC3C=CCC=C23)=CC1. The van der Waals surface area contributed by atoms with E-state index in [1.807, 2.05) is 18.3 Å². The molecule has 0 saturated carbocycles. The molecule has 1 aromatic heterocycles. The van der Waals surface area contributed by atoms with Crippen LogP contribution in [-0.2, 0) is 4.74 Å². The number of nitrogens with one attached hydrogen (secondary N) is 1. The number of aromatic nitrogens is 1. The molecule has 1 N–H and O–H groups in total. The topological polar surface area (TPSA) is 58.3 Å². The molecule has 1 aliphatic heterocycles. The number of allylic oxidation sites excluding steroid dienone is 11. The molecule has 1 aromatic rings. The van der Waals surface area contributed by atoms with Crippen LogP contribution in [0.25, 0.3) is 5.57 Å². The first kappa shape index (κ1) is 20.9. The Hall–Kier alpha value is -3.37. The van der Waals surface area contributed by atoms with E-state index in [1.165, 1.54) is 11.8 Å². The van der Waals surface area contributed by atoms with Gasteiger partial charge in [-0.3, -0.25) is 9.98 Å². The first-order chi connectivity index (χ1) is 15.2. The van der Waals surface area contributed by atoms with E-state index in [1.54, 1.807) is 19.5 Å². The fourth-order valence-electron chi connectivity index (χ4n) is 4.10. The van der Waals surface area contributed by atoms with Gasteiger partial charge in [-0.15, -0.1) is 0 Å². The smallest absolute Gasteiger partial charge is 0.0790 e. The summed E-state index contributed by atoms with van der Waals surface area (Å²) in [5.74, 6) is 0.276. The highest BCUT2D eigenvalue weighted by molar-refractivity contribution is 6.16. The highest BCUT2D eigenvalue weighted by Crippen LogP contribution is 2.33. The standard InChI is InChI=1S/C27H27N3O/c1-19(27-25-6-4-3-5-21(25)13-16-30-27)26(22-7-9-24(31-2)10-8-22)17-23(18-28)20-11-14-29-15-12-20/h3,5-9,11-18,21,24,28H,4,10H2,1-2H3/b23-17+,26-19?,28-18?. The van der Waals surface area contributed by atoms with Gasteiger partial charge in [0.1, 0.15) is 0 Å². The molecule has 0 aromatic carbocycles. The zero-order chi connectivity index (χ0) is 21.6. The minimum Gasteiger partial charge on any atom is -0.377 e. The second-order valence-electron chi connectivity index (χ2n) is 7.72. The third kappa shape index (κ3) is 4.54. The van der Waals surface area contributed by atoms with Gasteiger partial charge in [0.15, 0.2) is 0 Å². The molecule has 31 heavy (non-hydrogen) atoms. The van der Waals surface area contributed by atoms with Crippen molar-refractivity contribution in [3.63, 3.8) is 0 Å². The highest BCUT2D eigenvalue weighted by atomic mass is 16.5. The second-order valence-corrected chi connectivity index (χ2v) is 7.72. The Morgan fingerprint density at radius 2 is 2.00 bits per heavy atom. The molecule has 2 atom stereocenters. The van der Waals surface area contributed by atoms with Gasteiger partial charge in [0, 0.05) is 37.8 Å². The maximum atomic E-state index is 8.04. The van der Waals surface area contributed by atoms with Crippen molar-refractivity contribution < 1.29 is 4.74 Å². The zero-order valence-electron chi connectivity index (χ0n) is 18.0. The van der Waals surface area contributed by atoms with Gasteiger partial charge in [0.25, 0.3) is 0 Å².